The van der Waals surface area contributed by atoms with Crippen molar-refractivity contribution in [2.75, 3.05) is 19.7 Å². The van der Waals surface area contributed by atoms with Gasteiger partial charge in [-0.15, -0.1) is 0 Å². The van der Waals surface area contributed by atoms with Crippen LogP contribution in [0.25, 0.3) is 0 Å². The van der Waals surface area contributed by atoms with Crippen LogP contribution in [0.3, 0.4) is 0 Å². The molecule has 20 heavy (non-hydrogen) atoms. The van der Waals surface area contributed by atoms with Crippen molar-refractivity contribution in [3.63, 3.8) is 0 Å². The summed E-state index contributed by atoms with van der Waals surface area (Å²) in [5.74, 6) is 0.474. The minimum atomic E-state index is -0.412. The molecule has 1 spiro atoms. The summed E-state index contributed by atoms with van der Waals surface area (Å²) in [5, 5.41) is 11.4. The summed E-state index contributed by atoms with van der Waals surface area (Å²) >= 11 is 0. The third kappa shape index (κ3) is 2.05. The SMILES string of the molecule is OC1(C2CCOC3(CCCCC3)C2)CCN2CCCC21. The normalized spacial score (nSPS) is 44.9. The first-order valence-corrected chi connectivity index (χ1v) is 8.82. The van der Waals surface area contributed by atoms with Gasteiger partial charge in [-0.2, -0.15) is 0 Å². The van der Waals surface area contributed by atoms with Crippen molar-refractivity contribution in [3.05, 3.63) is 0 Å². The molecule has 1 saturated carbocycles. The third-order valence-corrected chi connectivity index (χ3v) is 6.70. The number of rotatable bonds is 1. The smallest absolute Gasteiger partial charge is 0.0844 e. The summed E-state index contributed by atoms with van der Waals surface area (Å²) in [6, 6.07) is 0.450. The van der Waals surface area contributed by atoms with Crippen molar-refractivity contribution in [1.82, 2.24) is 4.90 Å². The molecule has 1 aliphatic carbocycles. The van der Waals surface area contributed by atoms with Gasteiger partial charge in [-0.1, -0.05) is 19.3 Å². The van der Waals surface area contributed by atoms with Gasteiger partial charge in [-0.25, -0.2) is 0 Å². The minimum absolute atomic E-state index is 0.128. The van der Waals surface area contributed by atoms with Crippen LogP contribution < -0.4 is 0 Å². The van der Waals surface area contributed by atoms with Gasteiger partial charge in [0.15, 0.2) is 0 Å². The lowest BCUT2D eigenvalue weighted by Crippen LogP contribution is -2.53. The molecule has 3 unspecified atom stereocenters. The van der Waals surface area contributed by atoms with Crippen LogP contribution in [-0.4, -0.2) is 46.9 Å². The Morgan fingerprint density at radius 3 is 2.65 bits per heavy atom. The molecule has 1 N–H and O–H groups in total. The maximum Gasteiger partial charge on any atom is 0.0844 e. The Balaban J connectivity index is 1.52. The molecule has 0 amide bonds. The average Bonchev–Trinajstić information content (AvgIpc) is 3.05. The number of ether oxygens (including phenoxy) is 1. The summed E-state index contributed by atoms with van der Waals surface area (Å²) in [7, 11) is 0. The van der Waals surface area contributed by atoms with E-state index < -0.39 is 5.60 Å². The second kappa shape index (κ2) is 4.96. The average molecular weight is 279 g/mol. The molecule has 4 fully saturated rings. The molecule has 0 aromatic rings. The van der Waals surface area contributed by atoms with Crippen molar-refractivity contribution >= 4 is 0 Å². The number of aliphatic hydroxyl groups is 1. The highest BCUT2D eigenvalue weighted by atomic mass is 16.5. The lowest BCUT2D eigenvalue weighted by molar-refractivity contribution is -0.160. The molecule has 0 bridgehead atoms. The molecule has 3 atom stereocenters. The molecule has 114 valence electrons. The van der Waals surface area contributed by atoms with Gasteiger partial charge in [-0.3, -0.25) is 4.90 Å². The van der Waals surface area contributed by atoms with Crippen molar-refractivity contribution in [1.29, 1.82) is 0 Å². The van der Waals surface area contributed by atoms with Crippen LogP contribution in [0.1, 0.15) is 64.2 Å². The van der Waals surface area contributed by atoms with Gasteiger partial charge in [0.1, 0.15) is 0 Å². The van der Waals surface area contributed by atoms with Gasteiger partial charge in [0, 0.05) is 19.2 Å². The van der Waals surface area contributed by atoms with Crippen LogP contribution in [0.5, 0.6) is 0 Å². The fraction of sp³-hybridized carbons (Fsp3) is 1.00. The van der Waals surface area contributed by atoms with E-state index in [2.05, 4.69) is 4.90 Å². The standard InChI is InChI=1S/C17H29NO2/c19-17(9-11-18-10-4-5-15(17)18)14-6-12-20-16(13-14)7-2-1-3-8-16/h14-15,19H,1-13H2. The quantitative estimate of drug-likeness (QED) is 0.801. The lowest BCUT2D eigenvalue weighted by Gasteiger charge is -2.48. The van der Waals surface area contributed by atoms with Crippen LogP contribution in [0, 0.1) is 5.92 Å². The molecule has 4 aliphatic rings. The second-order valence-corrected chi connectivity index (χ2v) is 7.72. The number of hydrogen-bond acceptors (Lipinski definition) is 3. The first kappa shape index (κ1) is 13.5. The Hall–Kier alpha value is -0.120. The van der Waals surface area contributed by atoms with Gasteiger partial charge >= 0.3 is 0 Å². The van der Waals surface area contributed by atoms with E-state index in [4.69, 9.17) is 4.74 Å². The van der Waals surface area contributed by atoms with Crippen molar-refractivity contribution in [2.45, 2.75) is 81.5 Å². The Labute approximate surface area is 122 Å². The minimum Gasteiger partial charge on any atom is -0.388 e. The van der Waals surface area contributed by atoms with E-state index in [0.717, 1.165) is 32.4 Å². The summed E-state index contributed by atoms with van der Waals surface area (Å²) in [5.41, 5.74) is -0.284. The first-order valence-electron chi connectivity index (χ1n) is 8.82. The van der Waals surface area contributed by atoms with E-state index in [1.807, 2.05) is 0 Å². The maximum atomic E-state index is 11.4. The molecule has 0 radical (unpaired) electrons. The van der Waals surface area contributed by atoms with Gasteiger partial charge in [-0.05, 0) is 57.4 Å². The molecule has 4 rings (SSSR count). The van der Waals surface area contributed by atoms with E-state index in [-0.39, 0.29) is 5.60 Å². The number of hydrogen-bond donors (Lipinski definition) is 1. The Morgan fingerprint density at radius 1 is 0.950 bits per heavy atom. The van der Waals surface area contributed by atoms with Crippen LogP contribution in [0.15, 0.2) is 0 Å². The summed E-state index contributed by atoms with van der Waals surface area (Å²) < 4.78 is 6.23. The van der Waals surface area contributed by atoms with E-state index >= 15 is 0 Å². The molecule has 0 aromatic carbocycles. The molecular formula is C17H29NO2. The molecule has 3 heterocycles. The van der Waals surface area contributed by atoms with E-state index in [1.54, 1.807) is 0 Å². The highest BCUT2D eigenvalue weighted by Crippen LogP contribution is 2.49. The van der Waals surface area contributed by atoms with Crippen LogP contribution in [-0.2, 0) is 4.74 Å². The molecule has 3 nitrogen and oxygen atoms in total. The lowest BCUT2D eigenvalue weighted by atomic mass is 9.68. The van der Waals surface area contributed by atoms with E-state index in [0.29, 0.717) is 12.0 Å². The van der Waals surface area contributed by atoms with Crippen molar-refractivity contribution in [3.8, 4) is 0 Å². The zero-order chi connectivity index (χ0) is 13.6. The van der Waals surface area contributed by atoms with Crippen LogP contribution in [0.4, 0.5) is 0 Å². The molecule has 0 aromatic heterocycles. The first-order chi connectivity index (χ1) is 9.72. The summed E-state index contributed by atoms with van der Waals surface area (Å²) in [6.07, 6.45) is 12.1. The zero-order valence-corrected chi connectivity index (χ0v) is 12.6. The summed E-state index contributed by atoms with van der Waals surface area (Å²) in [4.78, 5) is 2.54. The van der Waals surface area contributed by atoms with E-state index in [1.165, 1.54) is 51.5 Å². The van der Waals surface area contributed by atoms with Gasteiger partial charge in [0.05, 0.1) is 11.2 Å². The number of fused-ring (bicyclic) bond motifs is 1. The Morgan fingerprint density at radius 2 is 1.80 bits per heavy atom. The third-order valence-electron chi connectivity index (χ3n) is 6.70. The van der Waals surface area contributed by atoms with Crippen molar-refractivity contribution in [2.24, 2.45) is 5.92 Å². The molecular weight excluding hydrogens is 250 g/mol. The predicted molar refractivity (Wildman–Crippen MR) is 78.7 cm³/mol. The molecule has 3 aliphatic heterocycles. The van der Waals surface area contributed by atoms with Crippen LogP contribution in [0.2, 0.25) is 0 Å². The second-order valence-electron chi connectivity index (χ2n) is 7.72. The van der Waals surface area contributed by atoms with Gasteiger partial charge in [0.25, 0.3) is 0 Å². The fourth-order valence-corrected chi connectivity index (χ4v) is 5.62. The van der Waals surface area contributed by atoms with Gasteiger partial charge < -0.3 is 9.84 Å². The summed E-state index contributed by atoms with van der Waals surface area (Å²) in [6.45, 7) is 3.20. The largest absolute Gasteiger partial charge is 0.388 e. The highest BCUT2D eigenvalue weighted by Gasteiger charge is 2.55. The topological polar surface area (TPSA) is 32.7 Å². The molecule has 3 heteroatoms. The van der Waals surface area contributed by atoms with Crippen molar-refractivity contribution < 1.29 is 9.84 Å². The Bertz CT molecular complexity index is 360. The highest BCUT2D eigenvalue weighted by molar-refractivity contribution is 5.08. The van der Waals surface area contributed by atoms with Gasteiger partial charge in [0.2, 0.25) is 0 Å². The maximum absolute atomic E-state index is 11.4. The van der Waals surface area contributed by atoms with E-state index in [9.17, 15) is 5.11 Å². The monoisotopic (exact) mass is 279 g/mol. The number of nitrogens with zero attached hydrogens (tertiary/aromatic N) is 1. The predicted octanol–water partition coefficient (Wildman–Crippen LogP) is 2.72. The Kier molecular flexibility index (Phi) is 3.36. The van der Waals surface area contributed by atoms with Crippen LogP contribution >= 0.6 is 0 Å². The molecule has 3 saturated heterocycles. The zero-order valence-electron chi connectivity index (χ0n) is 12.6. The fourth-order valence-electron chi connectivity index (χ4n) is 5.62.